The van der Waals surface area contributed by atoms with Gasteiger partial charge >= 0.3 is 11.9 Å². The van der Waals surface area contributed by atoms with Gasteiger partial charge in [0.05, 0.1) is 17.1 Å². The van der Waals surface area contributed by atoms with Gasteiger partial charge in [0.25, 0.3) is 0 Å². The Kier molecular flexibility index (Phi) is 6.59. The van der Waals surface area contributed by atoms with E-state index in [9.17, 15) is 29.7 Å². The summed E-state index contributed by atoms with van der Waals surface area (Å²) in [5, 5.41) is 29.5. The fourth-order valence-electron chi connectivity index (χ4n) is 4.04. The first-order valence-electron chi connectivity index (χ1n) is 10.3. The zero-order chi connectivity index (χ0) is 23.7. The molecule has 9 heteroatoms. The third-order valence-corrected chi connectivity index (χ3v) is 5.90. The van der Waals surface area contributed by atoms with Crippen LogP contribution in [0, 0.1) is 11.8 Å². The van der Waals surface area contributed by atoms with E-state index >= 15 is 0 Å². The average molecular weight is 446 g/mol. The number of phenols is 1. The van der Waals surface area contributed by atoms with Crippen molar-refractivity contribution in [2.24, 2.45) is 11.8 Å². The van der Waals surface area contributed by atoms with Crippen LogP contribution >= 0.6 is 0 Å². The monoisotopic (exact) mass is 446 g/mol. The quantitative estimate of drug-likeness (QED) is 0.591. The fourth-order valence-corrected chi connectivity index (χ4v) is 4.04. The Balaban J connectivity index is 2.08. The summed E-state index contributed by atoms with van der Waals surface area (Å²) in [6, 6.07) is 4.50. The highest BCUT2D eigenvalue weighted by molar-refractivity contribution is 5.96. The lowest BCUT2D eigenvalue weighted by atomic mass is 9.82. The second-order valence-electron chi connectivity index (χ2n) is 8.03. The second-order valence-corrected chi connectivity index (χ2v) is 8.03. The fraction of sp³-hybridized carbons (Fsp3) is 0.435. The zero-order valence-corrected chi connectivity index (χ0v) is 18.2. The summed E-state index contributed by atoms with van der Waals surface area (Å²) in [5.74, 6) is -3.07. The van der Waals surface area contributed by atoms with Crippen molar-refractivity contribution in [2.75, 3.05) is 0 Å². The summed E-state index contributed by atoms with van der Waals surface area (Å²) in [4.78, 5) is 35.5. The maximum Gasteiger partial charge on any atom is 0.335 e. The minimum atomic E-state index is -1.36. The molecule has 0 amide bonds. The molecule has 32 heavy (non-hydrogen) atoms. The molecule has 0 spiro atoms. The lowest BCUT2D eigenvalue weighted by molar-refractivity contribution is -0.246. The highest BCUT2D eigenvalue weighted by atomic mass is 16.7. The Bertz CT molecular complexity index is 1110. The van der Waals surface area contributed by atoms with Gasteiger partial charge in [0.1, 0.15) is 11.5 Å². The molecule has 172 valence electrons. The van der Waals surface area contributed by atoms with Gasteiger partial charge in [-0.3, -0.25) is 9.59 Å². The van der Waals surface area contributed by atoms with Crippen LogP contribution in [0.15, 0.2) is 29.1 Å². The third kappa shape index (κ3) is 4.47. The number of carbonyl (C=O) groups excluding carboxylic acids is 1. The van der Waals surface area contributed by atoms with Crippen molar-refractivity contribution in [1.82, 2.24) is 0 Å². The van der Waals surface area contributed by atoms with Crippen LogP contribution in [0.2, 0.25) is 0 Å². The molecule has 1 heterocycles. The Morgan fingerprint density at radius 1 is 1.06 bits per heavy atom. The van der Waals surface area contributed by atoms with Gasteiger partial charge in [0, 0.05) is 18.9 Å². The van der Waals surface area contributed by atoms with E-state index in [1.54, 1.807) is 0 Å². The van der Waals surface area contributed by atoms with Gasteiger partial charge in [0.2, 0.25) is 11.7 Å². The number of aromatic hydroxyl groups is 2. The summed E-state index contributed by atoms with van der Waals surface area (Å²) in [6.07, 6.45) is -1.15. The van der Waals surface area contributed by atoms with Gasteiger partial charge in [-0.15, -0.1) is 0 Å². The maximum absolute atomic E-state index is 12.4. The van der Waals surface area contributed by atoms with Crippen molar-refractivity contribution in [3.63, 3.8) is 0 Å². The molecule has 1 aliphatic rings. The number of carboxylic acids is 1. The van der Waals surface area contributed by atoms with Crippen molar-refractivity contribution in [2.45, 2.75) is 52.6 Å². The number of benzene rings is 1. The summed E-state index contributed by atoms with van der Waals surface area (Å²) < 4.78 is 17.4. The van der Waals surface area contributed by atoms with Crippen molar-refractivity contribution < 1.29 is 39.1 Å². The average Bonchev–Trinajstić information content (AvgIpc) is 2.84. The highest BCUT2D eigenvalue weighted by Crippen LogP contribution is 2.37. The molecule has 3 rings (SSSR count). The largest absolute Gasteiger partial charge is 0.507 e. The molecule has 0 bridgehead atoms. The zero-order valence-electron chi connectivity index (χ0n) is 18.2. The molecular weight excluding hydrogens is 420 g/mol. The molecule has 3 N–H and O–H groups in total. The normalized spacial score (nSPS) is 25.3. The Hall–Kier alpha value is -3.33. The number of carbonyl (C=O) groups is 2. The van der Waals surface area contributed by atoms with E-state index in [1.807, 2.05) is 20.8 Å². The van der Waals surface area contributed by atoms with Gasteiger partial charge in [-0.2, -0.15) is 0 Å². The minimum Gasteiger partial charge on any atom is -0.507 e. The van der Waals surface area contributed by atoms with Crippen LogP contribution in [0.1, 0.15) is 44.5 Å². The molecule has 9 nitrogen and oxygen atoms in total. The lowest BCUT2D eigenvalue weighted by Gasteiger charge is -2.43. The van der Waals surface area contributed by atoms with Crippen LogP contribution < -0.4 is 10.2 Å². The van der Waals surface area contributed by atoms with E-state index in [0.717, 1.165) is 12.1 Å². The van der Waals surface area contributed by atoms with E-state index in [-0.39, 0.29) is 40.0 Å². The van der Waals surface area contributed by atoms with Crippen LogP contribution in [0.4, 0.5) is 0 Å². The maximum atomic E-state index is 12.4. The standard InChI is InChI=1S/C23H26O9/c1-5-18-10(2)11(3)21(30-12(4)24)23(32-18)31-15-7-13-6-14(22(28)29)8-17(26)20(27)19(13)16(25)9-15/h6-11,18,21,23,25H,5H2,1-4H3,(H,26,27)(H,28,29)/t10-,11-,18+,21+,23+/m0/s1. The van der Waals surface area contributed by atoms with Crippen molar-refractivity contribution in [3.8, 4) is 17.2 Å². The Labute approximate surface area is 184 Å². The predicted octanol–water partition coefficient (Wildman–Crippen LogP) is 3.03. The topological polar surface area (TPSA) is 140 Å². The van der Waals surface area contributed by atoms with Gasteiger partial charge in [-0.05, 0) is 35.9 Å². The number of carboxylic acid groups (broad SMARTS) is 1. The first-order chi connectivity index (χ1) is 15.0. The molecule has 2 aromatic rings. The van der Waals surface area contributed by atoms with Crippen LogP contribution in [0.3, 0.4) is 0 Å². The van der Waals surface area contributed by atoms with Gasteiger partial charge in [-0.1, -0.05) is 20.8 Å². The molecule has 1 aliphatic heterocycles. The first-order valence-corrected chi connectivity index (χ1v) is 10.3. The number of phenolic OH excluding ortho intramolecular Hbond substituents is 1. The molecule has 1 saturated heterocycles. The van der Waals surface area contributed by atoms with Crippen LogP contribution in [-0.4, -0.2) is 45.8 Å². The molecule has 0 radical (unpaired) electrons. The highest BCUT2D eigenvalue weighted by Gasteiger charge is 2.44. The molecule has 0 saturated carbocycles. The Morgan fingerprint density at radius 3 is 2.34 bits per heavy atom. The van der Waals surface area contributed by atoms with E-state index in [0.29, 0.717) is 6.42 Å². The lowest BCUT2D eigenvalue weighted by Crippen LogP contribution is -2.53. The number of rotatable bonds is 5. The molecule has 1 fully saturated rings. The number of hydrogen-bond donors (Lipinski definition) is 3. The van der Waals surface area contributed by atoms with Gasteiger partial charge in [0.15, 0.2) is 11.9 Å². The van der Waals surface area contributed by atoms with E-state index in [1.165, 1.54) is 19.1 Å². The molecule has 0 unspecified atom stereocenters. The number of aromatic carboxylic acids is 1. The van der Waals surface area contributed by atoms with E-state index in [4.69, 9.17) is 14.2 Å². The van der Waals surface area contributed by atoms with Gasteiger partial charge in [-0.25, -0.2) is 4.79 Å². The van der Waals surface area contributed by atoms with Crippen molar-refractivity contribution in [3.05, 3.63) is 40.1 Å². The molecule has 5 atom stereocenters. The molecule has 0 aliphatic carbocycles. The van der Waals surface area contributed by atoms with E-state index < -0.39 is 41.3 Å². The SMILES string of the molecule is CC[C@H]1O[C@@H](Oc2cc(O)c3c(=O)c(O)cc(C(=O)O)cc3c2)[C@H](OC(C)=O)[C@@H](C)[C@@H]1C. The number of hydrogen-bond acceptors (Lipinski definition) is 8. The summed E-state index contributed by atoms with van der Waals surface area (Å²) in [5.41, 5.74) is -1.26. The van der Waals surface area contributed by atoms with E-state index in [2.05, 4.69) is 0 Å². The summed E-state index contributed by atoms with van der Waals surface area (Å²) in [6.45, 7) is 7.19. The van der Waals surface area contributed by atoms with Crippen LogP contribution in [-0.2, 0) is 14.3 Å². The summed E-state index contributed by atoms with van der Waals surface area (Å²) >= 11 is 0. The second kappa shape index (κ2) is 9.04. The van der Waals surface area contributed by atoms with Crippen molar-refractivity contribution in [1.29, 1.82) is 0 Å². The number of ether oxygens (including phenoxy) is 3. The summed E-state index contributed by atoms with van der Waals surface area (Å²) in [7, 11) is 0. The van der Waals surface area contributed by atoms with Crippen LogP contribution in [0.5, 0.6) is 17.2 Å². The third-order valence-electron chi connectivity index (χ3n) is 5.90. The van der Waals surface area contributed by atoms with Crippen molar-refractivity contribution >= 4 is 22.7 Å². The van der Waals surface area contributed by atoms with Crippen LogP contribution in [0.25, 0.3) is 10.8 Å². The number of esters is 1. The first kappa shape index (κ1) is 23.3. The predicted molar refractivity (Wildman–Crippen MR) is 114 cm³/mol. The number of fused-ring (bicyclic) bond motifs is 1. The van der Waals surface area contributed by atoms with Gasteiger partial charge < -0.3 is 29.5 Å². The molecular formula is C23H26O9. The Morgan fingerprint density at radius 2 is 1.75 bits per heavy atom. The molecule has 0 aromatic heterocycles. The smallest absolute Gasteiger partial charge is 0.335 e. The minimum absolute atomic E-state index is 0.0519. The molecule has 2 aromatic carbocycles.